The molecular formula is C12H24N2O. The third kappa shape index (κ3) is 4.65. The standard InChI is InChI=1S/C12H24N2O/c1-10(2)14-11(15)6-9-13-12(3)7-4-5-8-12/h10,13H,4-9H2,1-3H3,(H,14,15). The minimum Gasteiger partial charge on any atom is -0.354 e. The molecule has 0 heterocycles. The van der Waals surface area contributed by atoms with Crippen LogP contribution in [0.4, 0.5) is 0 Å². The zero-order valence-electron chi connectivity index (χ0n) is 10.2. The summed E-state index contributed by atoms with van der Waals surface area (Å²) in [6.45, 7) is 7.04. The fraction of sp³-hybridized carbons (Fsp3) is 0.917. The quantitative estimate of drug-likeness (QED) is 0.730. The third-order valence-corrected chi connectivity index (χ3v) is 3.06. The average Bonchev–Trinajstić information content (AvgIpc) is 2.51. The van der Waals surface area contributed by atoms with Crippen molar-refractivity contribution in [2.45, 2.75) is 64.5 Å². The molecule has 0 aromatic heterocycles. The van der Waals surface area contributed by atoms with E-state index in [1.54, 1.807) is 0 Å². The Morgan fingerprint density at radius 1 is 1.33 bits per heavy atom. The zero-order valence-corrected chi connectivity index (χ0v) is 10.2. The van der Waals surface area contributed by atoms with Crippen LogP contribution in [0.25, 0.3) is 0 Å². The summed E-state index contributed by atoms with van der Waals surface area (Å²) in [7, 11) is 0. The van der Waals surface area contributed by atoms with Gasteiger partial charge in [0, 0.05) is 24.5 Å². The number of hydrogen-bond donors (Lipinski definition) is 2. The van der Waals surface area contributed by atoms with Gasteiger partial charge in [-0.3, -0.25) is 4.79 Å². The minimum atomic E-state index is 0.152. The van der Waals surface area contributed by atoms with Crippen LogP contribution in [0.15, 0.2) is 0 Å². The maximum atomic E-state index is 11.4. The molecule has 0 aliphatic heterocycles. The summed E-state index contributed by atoms with van der Waals surface area (Å²) in [5, 5.41) is 6.40. The Bertz CT molecular complexity index is 208. The van der Waals surface area contributed by atoms with E-state index in [-0.39, 0.29) is 17.5 Å². The van der Waals surface area contributed by atoms with Crippen molar-refractivity contribution in [2.75, 3.05) is 6.54 Å². The van der Waals surface area contributed by atoms with Crippen LogP contribution in [0.1, 0.15) is 52.9 Å². The molecule has 0 spiro atoms. The summed E-state index contributed by atoms with van der Waals surface area (Å²) in [5.74, 6) is 0.152. The molecule has 1 amide bonds. The molecule has 0 unspecified atom stereocenters. The lowest BCUT2D eigenvalue weighted by atomic mass is 10.0. The average molecular weight is 212 g/mol. The van der Waals surface area contributed by atoms with Crippen molar-refractivity contribution in [3.05, 3.63) is 0 Å². The molecule has 1 rings (SSSR count). The number of hydrogen-bond acceptors (Lipinski definition) is 2. The van der Waals surface area contributed by atoms with Gasteiger partial charge in [-0.25, -0.2) is 0 Å². The van der Waals surface area contributed by atoms with Gasteiger partial charge < -0.3 is 10.6 Å². The van der Waals surface area contributed by atoms with Crippen LogP contribution in [0.3, 0.4) is 0 Å². The third-order valence-electron chi connectivity index (χ3n) is 3.06. The number of amides is 1. The minimum absolute atomic E-state index is 0.152. The molecule has 0 radical (unpaired) electrons. The van der Waals surface area contributed by atoms with Crippen LogP contribution < -0.4 is 10.6 Å². The van der Waals surface area contributed by atoms with E-state index < -0.39 is 0 Å². The van der Waals surface area contributed by atoms with E-state index >= 15 is 0 Å². The second-order valence-electron chi connectivity index (χ2n) is 5.17. The molecule has 0 aromatic rings. The van der Waals surface area contributed by atoms with Crippen molar-refractivity contribution in [3.8, 4) is 0 Å². The monoisotopic (exact) mass is 212 g/mol. The SMILES string of the molecule is CC(C)NC(=O)CCNC1(C)CCCC1. The zero-order chi connectivity index (χ0) is 11.3. The van der Waals surface area contributed by atoms with Crippen LogP contribution in [0.5, 0.6) is 0 Å². The molecular weight excluding hydrogens is 188 g/mol. The van der Waals surface area contributed by atoms with E-state index in [2.05, 4.69) is 17.6 Å². The Kier molecular flexibility index (Phi) is 4.58. The van der Waals surface area contributed by atoms with Gasteiger partial charge in [-0.1, -0.05) is 12.8 Å². The second kappa shape index (κ2) is 5.50. The maximum absolute atomic E-state index is 11.4. The molecule has 3 heteroatoms. The van der Waals surface area contributed by atoms with E-state index in [1.807, 2.05) is 13.8 Å². The first-order valence-electron chi connectivity index (χ1n) is 6.06. The molecule has 1 saturated carbocycles. The van der Waals surface area contributed by atoms with E-state index in [9.17, 15) is 4.79 Å². The van der Waals surface area contributed by atoms with Crippen molar-refractivity contribution in [3.63, 3.8) is 0 Å². The molecule has 0 saturated heterocycles. The second-order valence-corrected chi connectivity index (χ2v) is 5.17. The normalized spacial score (nSPS) is 19.5. The van der Waals surface area contributed by atoms with Crippen molar-refractivity contribution in [1.82, 2.24) is 10.6 Å². The molecule has 1 fully saturated rings. The number of carbonyl (C=O) groups excluding carboxylic acids is 1. The Hall–Kier alpha value is -0.570. The van der Waals surface area contributed by atoms with Gasteiger partial charge in [0.1, 0.15) is 0 Å². The van der Waals surface area contributed by atoms with E-state index in [0.717, 1.165) is 6.54 Å². The molecule has 1 aliphatic carbocycles. The molecule has 2 N–H and O–H groups in total. The lowest BCUT2D eigenvalue weighted by Gasteiger charge is -2.25. The van der Waals surface area contributed by atoms with Gasteiger partial charge in [0.15, 0.2) is 0 Å². The van der Waals surface area contributed by atoms with E-state index in [4.69, 9.17) is 0 Å². The summed E-state index contributed by atoms with van der Waals surface area (Å²) < 4.78 is 0. The van der Waals surface area contributed by atoms with E-state index in [1.165, 1.54) is 25.7 Å². The summed E-state index contributed by atoms with van der Waals surface area (Å²) in [6, 6.07) is 0.250. The Morgan fingerprint density at radius 3 is 2.47 bits per heavy atom. The number of carbonyl (C=O) groups is 1. The fourth-order valence-corrected chi connectivity index (χ4v) is 2.20. The van der Waals surface area contributed by atoms with Crippen LogP contribution in [0, 0.1) is 0 Å². The van der Waals surface area contributed by atoms with Gasteiger partial charge in [0.2, 0.25) is 5.91 Å². The van der Waals surface area contributed by atoms with Gasteiger partial charge in [-0.2, -0.15) is 0 Å². The lowest BCUT2D eigenvalue weighted by Crippen LogP contribution is -2.42. The Labute approximate surface area is 93.0 Å². The van der Waals surface area contributed by atoms with Gasteiger partial charge in [-0.15, -0.1) is 0 Å². The van der Waals surface area contributed by atoms with Gasteiger partial charge in [0.05, 0.1) is 0 Å². The Morgan fingerprint density at radius 2 is 1.93 bits per heavy atom. The maximum Gasteiger partial charge on any atom is 0.221 e. The number of nitrogens with one attached hydrogen (secondary N) is 2. The highest BCUT2D eigenvalue weighted by Crippen LogP contribution is 2.28. The van der Waals surface area contributed by atoms with Crippen molar-refractivity contribution in [1.29, 1.82) is 0 Å². The van der Waals surface area contributed by atoms with E-state index in [0.29, 0.717) is 6.42 Å². The Balaban J connectivity index is 2.12. The molecule has 15 heavy (non-hydrogen) atoms. The highest BCUT2D eigenvalue weighted by molar-refractivity contribution is 5.76. The summed E-state index contributed by atoms with van der Waals surface area (Å²) in [4.78, 5) is 11.4. The van der Waals surface area contributed by atoms with Crippen LogP contribution in [-0.4, -0.2) is 24.0 Å². The topological polar surface area (TPSA) is 41.1 Å². The largest absolute Gasteiger partial charge is 0.354 e. The predicted molar refractivity (Wildman–Crippen MR) is 62.8 cm³/mol. The van der Waals surface area contributed by atoms with Crippen molar-refractivity contribution >= 4 is 5.91 Å². The van der Waals surface area contributed by atoms with Crippen LogP contribution in [0.2, 0.25) is 0 Å². The molecule has 0 aromatic carbocycles. The molecule has 3 nitrogen and oxygen atoms in total. The number of rotatable bonds is 5. The van der Waals surface area contributed by atoms with Crippen LogP contribution in [-0.2, 0) is 4.79 Å². The summed E-state index contributed by atoms with van der Waals surface area (Å²) >= 11 is 0. The van der Waals surface area contributed by atoms with Crippen molar-refractivity contribution in [2.24, 2.45) is 0 Å². The molecule has 0 atom stereocenters. The summed E-state index contributed by atoms with van der Waals surface area (Å²) in [5.41, 5.74) is 0.290. The first kappa shape index (κ1) is 12.5. The van der Waals surface area contributed by atoms with Crippen molar-refractivity contribution < 1.29 is 4.79 Å². The van der Waals surface area contributed by atoms with Crippen LogP contribution >= 0.6 is 0 Å². The highest BCUT2D eigenvalue weighted by Gasteiger charge is 2.27. The molecule has 88 valence electrons. The smallest absolute Gasteiger partial charge is 0.221 e. The first-order chi connectivity index (χ1) is 7.02. The molecule has 1 aliphatic rings. The van der Waals surface area contributed by atoms with Gasteiger partial charge in [0.25, 0.3) is 0 Å². The predicted octanol–water partition coefficient (Wildman–Crippen LogP) is 1.82. The highest BCUT2D eigenvalue weighted by atomic mass is 16.1. The summed E-state index contributed by atoms with van der Waals surface area (Å²) in [6.07, 6.45) is 5.73. The van der Waals surface area contributed by atoms with Gasteiger partial charge >= 0.3 is 0 Å². The first-order valence-corrected chi connectivity index (χ1v) is 6.06. The van der Waals surface area contributed by atoms with Gasteiger partial charge in [-0.05, 0) is 33.6 Å². The molecule has 0 bridgehead atoms. The fourth-order valence-electron chi connectivity index (χ4n) is 2.20. The lowest BCUT2D eigenvalue weighted by molar-refractivity contribution is -0.121.